The summed E-state index contributed by atoms with van der Waals surface area (Å²) < 4.78 is 16.2. The molecule has 0 radical (unpaired) electrons. The van der Waals surface area contributed by atoms with Crippen molar-refractivity contribution < 1.29 is 33.4 Å². The molecule has 4 aromatic rings. The predicted molar refractivity (Wildman–Crippen MR) is 177 cm³/mol. The Hall–Kier alpha value is -5.75. The number of anilines is 2. The lowest BCUT2D eigenvalue weighted by Gasteiger charge is -2.15. The molecule has 0 aromatic heterocycles. The SMILES string of the molecule is COc1cc(/C=C(\NC(=O)c2ccccc2)C(=O)Nc2ccc(SCC(=O)Nc3ccccc3C(N)=O)cc2)cc(OC)c1OC. The van der Waals surface area contributed by atoms with Gasteiger partial charge in [0.1, 0.15) is 5.70 Å². The van der Waals surface area contributed by atoms with Crippen molar-refractivity contribution in [2.24, 2.45) is 5.73 Å². The highest BCUT2D eigenvalue weighted by atomic mass is 32.2. The number of benzene rings is 4. The molecule has 0 saturated heterocycles. The minimum absolute atomic E-state index is 0.0329. The number of ether oxygens (including phenoxy) is 3. The summed E-state index contributed by atoms with van der Waals surface area (Å²) in [5, 5.41) is 8.20. The van der Waals surface area contributed by atoms with E-state index >= 15 is 0 Å². The average molecular weight is 641 g/mol. The Morgan fingerprint density at radius 1 is 0.783 bits per heavy atom. The van der Waals surface area contributed by atoms with E-state index in [-0.39, 0.29) is 22.9 Å². The largest absolute Gasteiger partial charge is 0.493 e. The van der Waals surface area contributed by atoms with E-state index in [1.807, 2.05) is 0 Å². The number of primary amides is 1. The van der Waals surface area contributed by atoms with Crippen LogP contribution in [0.1, 0.15) is 26.3 Å². The number of carbonyl (C=O) groups is 4. The molecule has 11 nitrogen and oxygen atoms in total. The predicted octanol–water partition coefficient (Wildman–Crippen LogP) is 4.95. The van der Waals surface area contributed by atoms with E-state index in [1.165, 1.54) is 45.2 Å². The van der Waals surface area contributed by atoms with E-state index in [2.05, 4.69) is 16.0 Å². The first-order valence-electron chi connectivity index (χ1n) is 13.8. The third-order valence-electron chi connectivity index (χ3n) is 6.48. The normalized spacial score (nSPS) is 10.8. The van der Waals surface area contributed by atoms with Gasteiger partial charge >= 0.3 is 0 Å². The molecule has 0 spiro atoms. The van der Waals surface area contributed by atoms with Crippen LogP contribution in [-0.4, -0.2) is 50.7 Å². The topological polar surface area (TPSA) is 158 Å². The summed E-state index contributed by atoms with van der Waals surface area (Å²) in [5.41, 5.74) is 7.25. The average Bonchev–Trinajstić information content (AvgIpc) is 3.07. The molecule has 0 saturated carbocycles. The highest BCUT2D eigenvalue weighted by Gasteiger charge is 2.18. The first-order valence-corrected chi connectivity index (χ1v) is 14.8. The zero-order chi connectivity index (χ0) is 33.1. The summed E-state index contributed by atoms with van der Waals surface area (Å²) in [4.78, 5) is 51.4. The van der Waals surface area contributed by atoms with Gasteiger partial charge in [0.05, 0.1) is 38.3 Å². The molecule has 0 aliphatic rings. The molecule has 0 bridgehead atoms. The molecule has 236 valence electrons. The maximum atomic E-state index is 13.5. The van der Waals surface area contributed by atoms with Gasteiger partial charge in [0.25, 0.3) is 17.7 Å². The van der Waals surface area contributed by atoms with Crippen LogP contribution in [0.15, 0.2) is 102 Å². The number of rotatable bonds is 13. The Bertz CT molecular complexity index is 1730. The van der Waals surface area contributed by atoms with Crippen LogP contribution in [0.5, 0.6) is 17.2 Å². The van der Waals surface area contributed by atoms with E-state index in [0.717, 1.165) is 4.90 Å². The summed E-state index contributed by atoms with van der Waals surface area (Å²) in [5.74, 6) is -0.793. The Balaban J connectivity index is 1.49. The van der Waals surface area contributed by atoms with Gasteiger partial charge in [0.15, 0.2) is 11.5 Å². The van der Waals surface area contributed by atoms with Crippen molar-refractivity contribution in [2.75, 3.05) is 37.7 Å². The van der Waals surface area contributed by atoms with E-state index in [4.69, 9.17) is 19.9 Å². The lowest BCUT2D eigenvalue weighted by Crippen LogP contribution is -2.30. The number of para-hydroxylation sites is 1. The molecule has 4 aromatic carbocycles. The van der Waals surface area contributed by atoms with Crippen LogP contribution in [0.25, 0.3) is 6.08 Å². The van der Waals surface area contributed by atoms with Gasteiger partial charge < -0.3 is 35.9 Å². The zero-order valence-electron chi connectivity index (χ0n) is 25.3. The van der Waals surface area contributed by atoms with Crippen molar-refractivity contribution in [3.05, 3.63) is 113 Å². The van der Waals surface area contributed by atoms with Crippen molar-refractivity contribution in [3.8, 4) is 17.2 Å². The second-order valence-corrected chi connectivity index (χ2v) is 10.6. The van der Waals surface area contributed by atoms with Gasteiger partial charge in [0, 0.05) is 16.1 Å². The monoisotopic (exact) mass is 640 g/mol. The Morgan fingerprint density at radius 3 is 2.02 bits per heavy atom. The lowest BCUT2D eigenvalue weighted by atomic mass is 10.1. The quantitative estimate of drug-likeness (QED) is 0.118. The minimum Gasteiger partial charge on any atom is -0.493 e. The van der Waals surface area contributed by atoms with E-state index in [0.29, 0.717) is 39.8 Å². The highest BCUT2D eigenvalue weighted by molar-refractivity contribution is 8.00. The minimum atomic E-state index is -0.637. The molecule has 46 heavy (non-hydrogen) atoms. The number of nitrogens with one attached hydrogen (secondary N) is 3. The van der Waals surface area contributed by atoms with Crippen LogP contribution in [-0.2, 0) is 9.59 Å². The number of amides is 4. The van der Waals surface area contributed by atoms with Crippen LogP contribution < -0.4 is 35.9 Å². The van der Waals surface area contributed by atoms with E-state index in [9.17, 15) is 19.2 Å². The number of hydrogen-bond donors (Lipinski definition) is 4. The van der Waals surface area contributed by atoms with Crippen LogP contribution in [0.2, 0.25) is 0 Å². The number of hydrogen-bond acceptors (Lipinski definition) is 8. The van der Waals surface area contributed by atoms with Gasteiger partial charge in [-0.15, -0.1) is 11.8 Å². The van der Waals surface area contributed by atoms with Gasteiger partial charge in [-0.3, -0.25) is 19.2 Å². The fourth-order valence-corrected chi connectivity index (χ4v) is 4.97. The van der Waals surface area contributed by atoms with Gasteiger partial charge in [-0.25, -0.2) is 0 Å². The first-order chi connectivity index (χ1) is 22.2. The molecule has 5 N–H and O–H groups in total. The smallest absolute Gasteiger partial charge is 0.272 e. The Kier molecular flexibility index (Phi) is 11.4. The summed E-state index contributed by atoms with van der Waals surface area (Å²) in [6.45, 7) is 0. The number of nitrogens with two attached hydrogens (primary N) is 1. The second kappa shape index (κ2) is 15.8. The third kappa shape index (κ3) is 8.67. The third-order valence-corrected chi connectivity index (χ3v) is 7.49. The summed E-state index contributed by atoms with van der Waals surface area (Å²) >= 11 is 1.27. The maximum absolute atomic E-state index is 13.5. The Labute approximate surface area is 270 Å². The molecule has 12 heteroatoms. The number of thioether (sulfide) groups is 1. The summed E-state index contributed by atoms with van der Waals surface area (Å²) in [6, 6.07) is 25.2. The van der Waals surface area contributed by atoms with Crippen molar-refractivity contribution in [2.45, 2.75) is 4.90 Å². The molecule has 0 unspecified atom stereocenters. The standard InChI is InChI=1S/C34H32N4O7S/c1-43-28-18-21(19-29(44-2)31(28)45-3)17-27(38-33(41)22-9-5-4-6-10-22)34(42)36-23-13-15-24(16-14-23)46-20-30(39)37-26-12-8-7-11-25(26)32(35)40/h4-19H,20H2,1-3H3,(H2,35,40)(H,36,42)(H,37,39)(H,38,41)/b27-17-. The Morgan fingerprint density at radius 2 is 1.41 bits per heavy atom. The maximum Gasteiger partial charge on any atom is 0.272 e. The van der Waals surface area contributed by atoms with E-state index in [1.54, 1.807) is 84.9 Å². The first kappa shape index (κ1) is 33.1. The fraction of sp³-hybridized carbons (Fsp3) is 0.118. The van der Waals surface area contributed by atoms with Crippen molar-refractivity contribution >= 4 is 52.8 Å². The fourth-order valence-electron chi connectivity index (χ4n) is 4.27. The van der Waals surface area contributed by atoms with Crippen LogP contribution in [0, 0.1) is 0 Å². The molecule has 0 fully saturated rings. The molecule has 4 amide bonds. The van der Waals surface area contributed by atoms with Gasteiger partial charge in [-0.05, 0) is 72.3 Å². The van der Waals surface area contributed by atoms with Gasteiger partial charge in [0.2, 0.25) is 11.7 Å². The van der Waals surface area contributed by atoms with Crippen LogP contribution in [0.3, 0.4) is 0 Å². The van der Waals surface area contributed by atoms with Gasteiger partial charge in [-0.2, -0.15) is 0 Å². The molecule has 4 rings (SSSR count). The lowest BCUT2D eigenvalue weighted by molar-refractivity contribution is -0.114. The number of methoxy groups -OCH3 is 3. The molecular weight excluding hydrogens is 608 g/mol. The zero-order valence-corrected chi connectivity index (χ0v) is 26.1. The highest BCUT2D eigenvalue weighted by Crippen LogP contribution is 2.38. The van der Waals surface area contributed by atoms with E-state index < -0.39 is 17.7 Å². The molecule has 0 aliphatic carbocycles. The van der Waals surface area contributed by atoms with Gasteiger partial charge in [-0.1, -0.05) is 30.3 Å². The van der Waals surface area contributed by atoms with Crippen molar-refractivity contribution in [1.82, 2.24) is 5.32 Å². The molecule has 0 atom stereocenters. The van der Waals surface area contributed by atoms with Crippen LogP contribution >= 0.6 is 11.8 Å². The van der Waals surface area contributed by atoms with Crippen molar-refractivity contribution in [1.29, 1.82) is 0 Å². The summed E-state index contributed by atoms with van der Waals surface area (Å²) in [7, 11) is 4.44. The van der Waals surface area contributed by atoms with Crippen LogP contribution in [0.4, 0.5) is 11.4 Å². The molecular formula is C34H32N4O7S. The number of carbonyl (C=O) groups excluding carboxylic acids is 4. The summed E-state index contributed by atoms with van der Waals surface area (Å²) in [6.07, 6.45) is 1.50. The van der Waals surface area contributed by atoms with Crippen molar-refractivity contribution in [3.63, 3.8) is 0 Å². The molecule has 0 aliphatic heterocycles. The molecule has 0 heterocycles. The second-order valence-electron chi connectivity index (χ2n) is 9.56.